The summed E-state index contributed by atoms with van der Waals surface area (Å²) in [4.78, 5) is 14.2. The van der Waals surface area contributed by atoms with Gasteiger partial charge in [-0.15, -0.1) is 0 Å². The summed E-state index contributed by atoms with van der Waals surface area (Å²) in [7, 11) is 2.00. The summed E-state index contributed by atoms with van der Waals surface area (Å²) in [6.45, 7) is 5.37. The van der Waals surface area contributed by atoms with Crippen LogP contribution in [-0.2, 0) is 11.2 Å². The van der Waals surface area contributed by atoms with Crippen LogP contribution < -0.4 is 19.7 Å². The fourth-order valence-electron chi connectivity index (χ4n) is 3.07. The van der Waals surface area contributed by atoms with E-state index >= 15 is 0 Å². The van der Waals surface area contributed by atoms with Gasteiger partial charge in [-0.2, -0.15) is 0 Å². The van der Waals surface area contributed by atoms with Crippen LogP contribution in [0, 0.1) is 0 Å². The number of nitrogens with zero attached hydrogens (tertiary/aromatic N) is 1. The Bertz CT molecular complexity index is 759. The summed E-state index contributed by atoms with van der Waals surface area (Å²) in [6.07, 6.45) is 0.845. The molecule has 3 rings (SSSR count). The molecule has 0 atom stereocenters. The van der Waals surface area contributed by atoms with Crippen molar-refractivity contribution in [1.29, 1.82) is 0 Å². The summed E-state index contributed by atoms with van der Waals surface area (Å²) in [5, 5.41) is 2.89. The summed E-state index contributed by atoms with van der Waals surface area (Å²) in [5.74, 6) is 1.25. The lowest BCUT2D eigenvalue weighted by atomic mass is 10.0. The normalized spacial score (nSPS) is 14.3. The average molecular weight is 354 g/mol. The monoisotopic (exact) mass is 354 g/mol. The van der Waals surface area contributed by atoms with Crippen molar-refractivity contribution in [3.8, 4) is 11.5 Å². The number of anilines is 1. The topological polar surface area (TPSA) is 50.8 Å². The number of para-hydroxylation sites is 2. The van der Waals surface area contributed by atoms with Gasteiger partial charge in [0, 0.05) is 37.8 Å². The zero-order chi connectivity index (χ0) is 18.6. The smallest absolute Gasteiger partial charge is 0.258 e. The standard InChI is InChI=1S/C21H26N2O3/c1-21(2)14-16-8-7-11-18(20(16)26-21)25-15-19(24)22-12-13-23(3)17-9-5-4-6-10-17/h4-11H,12-15H2,1-3H3,(H,22,24). The van der Waals surface area contributed by atoms with Crippen LogP contribution in [0.3, 0.4) is 0 Å². The maximum absolute atomic E-state index is 12.1. The van der Waals surface area contributed by atoms with Gasteiger partial charge < -0.3 is 19.7 Å². The number of nitrogens with one attached hydrogen (secondary N) is 1. The zero-order valence-corrected chi connectivity index (χ0v) is 15.6. The molecule has 0 saturated heterocycles. The van der Waals surface area contributed by atoms with Crippen molar-refractivity contribution in [2.45, 2.75) is 25.9 Å². The second kappa shape index (κ2) is 7.68. The van der Waals surface area contributed by atoms with E-state index in [0.717, 1.165) is 30.0 Å². The molecule has 5 nitrogen and oxygen atoms in total. The molecule has 1 heterocycles. The highest BCUT2D eigenvalue weighted by molar-refractivity contribution is 5.77. The minimum absolute atomic E-state index is 0.0186. The van der Waals surface area contributed by atoms with Crippen molar-refractivity contribution in [1.82, 2.24) is 5.32 Å². The van der Waals surface area contributed by atoms with Gasteiger partial charge in [0.05, 0.1) is 0 Å². The quantitative estimate of drug-likeness (QED) is 0.830. The third-order valence-electron chi connectivity index (χ3n) is 4.38. The van der Waals surface area contributed by atoms with Crippen molar-refractivity contribution in [2.75, 3.05) is 31.6 Å². The Morgan fingerprint density at radius 2 is 1.96 bits per heavy atom. The lowest BCUT2D eigenvalue weighted by molar-refractivity contribution is -0.123. The van der Waals surface area contributed by atoms with Crippen LogP contribution in [-0.4, -0.2) is 38.3 Å². The van der Waals surface area contributed by atoms with E-state index in [1.165, 1.54) is 0 Å². The molecule has 0 spiro atoms. The molecule has 1 N–H and O–H groups in total. The second-order valence-electron chi connectivity index (χ2n) is 7.18. The SMILES string of the molecule is CN(CCNC(=O)COc1cccc2c1OC(C)(C)C2)c1ccccc1. The van der Waals surface area contributed by atoms with Crippen molar-refractivity contribution in [2.24, 2.45) is 0 Å². The molecule has 1 amide bonds. The lowest BCUT2D eigenvalue weighted by Gasteiger charge is -2.19. The van der Waals surface area contributed by atoms with E-state index in [9.17, 15) is 4.79 Å². The number of hydrogen-bond donors (Lipinski definition) is 1. The first-order valence-electron chi connectivity index (χ1n) is 8.91. The number of carbonyl (C=O) groups excluding carboxylic acids is 1. The first kappa shape index (κ1) is 18.1. The number of amides is 1. The van der Waals surface area contributed by atoms with Crippen LogP contribution in [0.15, 0.2) is 48.5 Å². The minimum atomic E-state index is -0.230. The number of carbonyl (C=O) groups is 1. The van der Waals surface area contributed by atoms with E-state index < -0.39 is 0 Å². The Hall–Kier alpha value is -2.69. The van der Waals surface area contributed by atoms with Gasteiger partial charge in [0.1, 0.15) is 5.60 Å². The number of likely N-dealkylation sites (N-methyl/N-ethyl adjacent to an activating group) is 1. The third-order valence-corrected chi connectivity index (χ3v) is 4.38. The first-order chi connectivity index (χ1) is 12.4. The van der Waals surface area contributed by atoms with Gasteiger partial charge in [0.15, 0.2) is 18.1 Å². The summed E-state index contributed by atoms with van der Waals surface area (Å²) >= 11 is 0. The Kier molecular flexibility index (Phi) is 5.35. The Labute approximate surface area is 154 Å². The van der Waals surface area contributed by atoms with Crippen molar-refractivity contribution < 1.29 is 14.3 Å². The molecule has 2 aromatic rings. The molecule has 0 fully saturated rings. The molecular weight excluding hydrogens is 328 g/mol. The highest BCUT2D eigenvalue weighted by Crippen LogP contribution is 2.41. The Morgan fingerprint density at radius 1 is 1.19 bits per heavy atom. The van der Waals surface area contributed by atoms with Crippen LogP contribution in [0.4, 0.5) is 5.69 Å². The van der Waals surface area contributed by atoms with Gasteiger partial charge >= 0.3 is 0 Å². The molecule has 26 heavy (non-hydrogen) atoms. The van der Waals surface area contributed by atoms with Crippen molar-refractivity contribution in [3.05, 3.63) is 54.1 Å². The minimum Gasteiger partial charge on any atom is -0.483 e. The van der Waals surface area contributed by atoms with Crippen LogP contribution >= 0.6 is 0 Å². The number of ether oxygens (including phenoxy) is 2. The van der Waals surface area contributed by atoms with Crippen LogP contribution in [0.2, 0.25) is 0 Å². The molecule has 1 aliphatic heterocycles. The predicted molar refractivity (Wildman–Crippen MR) is 103 cm³/mol. The molecule has 5 heteroatoms. The van der Waals surface area contributed by atoms with E-state index in [1.54, 1.807) is 0 Å². The Balaban J connectivity index is 1.45. The van der Waals surface area contributed by atoms with Crippen molar-refractivity contribution in [3.63, 3.8) is 0 Å². The zero-order valence-electron chi connectivity index (χ0n) is 15.6. The molecule has 138 valence electrons. The first-order valence-corrected chi connectivity index (χ1v) is 8.91. The maximum Gasteiger partial charge on any atom is 0.258 e. The molecule has 2 aromatic carbocycles. The lowest BCUT2D eigenvalue weighted by Crippen LogP contribution is -2.35. The van der Waals surface area contributed by atoms with Crippen LogP contribution in [0.1, 0.15) is 19.4 Å². The van der Waals surface area contributed by atoms with E-state index in [2.05, 4.69) is 10.2 Å². The van der Waals surface area contributed by atoms with Crippen molar-refractivity contribution >= 4 is 11.6 Å². The largest absolute Gasteiger partial charge is 0.483 e. The molecule has 0 aliphatic carbocycles. The number of rotatable bonds is 7. The number of fused-ring (bicyclic) bond motifs is 1. The summed E-state index contributed by atoms with van der Waals surface area (Å²) in [6, 6.07) is 15.9. The summed E-state index contributed by atoms with van der Waals surface area (Å²) < 4.78 is 11.7. The summed E-state index contributed by atoms with van der Waals surface area (Å²) in [5.41, 5.74) is 2.02. The van der Waals surface area contributed by atoms with Gasteiger partial charge in [-0.1, -0.05) is 30.3 Å². The van der Waals surface area contributed by atoms with Gasteiger partial charge in [-0.05, 0) is 32.0 Å². The predicted octanol–water partition coefficient (Wildman–Crippen LogP) is 3.03. The molecule has 1 aliphatic rings. The fourth-order valence-corrected chi connectivity index (χ4v) is 3.07. The molecule has 0 aromatic heterocycles. The maximum atomic E-state index is 12.1. The van der Waals surface area contributed by atoms with Gasteiger partial charge in [-0.3, -0.25) is 4.79 Å². The fraction of sp³-hybridized carbons (Fsp3) is 0.381. The van der Waals surface area contributed by atoms with Crippen LogP contribution in [0.25, 0.3) is 0 Å². The van der Waals surface area contributed by atoms with Gasteiger partial charge in [0.25, 0.3) is 5.91 Å². The van der Waals surface area contributed by atoms with E-state index in [1.807, 2.05) is 69.4 Å². The Morgan fingerprint density at radius 3 is 2.73 bits per heavy atom. The average Bonchev–Trinajstić information content (AvgIpc) is 2.95. The van der Waals surface area contributed by atoms with Gasteiger partial charge in [-0.25, -0.2) is 0 Å². The highest BCUT2D eigenvalue weighted by Gasteiger charge is 2.32. The van der Waals surface area contributed by atoms with E-state index in [4.69, 9.17) is 9.47 Å². The number of hydrogen-bond acceptors (Lipinski definition) is 4. The van der Waals surface area contributed by atoms with E-state index in [-0.39, 0.29) is 18.1 Å². The molecule has 0 bridgehead atoms. The molecule has 0 saturated carbocycles. The van der Waals surface area contributed by atoms with Crippen LogP contribution in [0.5, 0.6) is 11.5 Å². The molecule has 0 unspecified atom stereocenters. The number of benzene rings is 2. The second-order valence-corrected chi connectivity index (χ2v) is 7.18. The highest BCUT2D eigenvalue weighted by atomic mass is 16.5. The van der Waals surface area contributed by atoms with Gasteiger partial charge in [0.2, 0.25) is 0 Å². The molecular formula is C21H26N2O3. The van der Waals surface area contributed by atoms with E-state index in [0.29, 0.717) is 12.3 Å². The third kappa shape index (κ3) is 4.48. The molecule has 0 radical (unpaired) electrons.